The van der Waals surface area contributed by atoms with E-state index in [2.05, 4.69) is 20.9 Å². The number of rotatable bonds is 5. The average Bonchev–Trinajstić information content (AvgIpc) is 3.01. The number of aliphatic hydroxyl groups is 1. The molecule has 0 atom stereocenters. The molecule has 0 spiro atoms. The van der Waals surface area contributed by atoms with E-state index >= 15 is 0 Å². The molecular weight excluding hydrogens is 364 g/mol. The number of fused-ring (bicyclic) bond motifs is 1. The van der Waals surface area contributed by atoms with Gasteiger partial charge < -0.3 is 20.8 Å². The second-order valence-electron chi connectivity index (χ2n) is 6.04. The van der Waals surface area contributed by atoms with Crippen LogP contribution >= 0.6 is 0 Å². The van der Waals surface area contributed by atoms with E-state index < -0.39 is 11.9 Å². The highest BCUT2D eigenvalue weighted by atomic mass is 16.4. The first-order valence-electron chi connectivity index (χ1n) is 8.22. The number of anilines is 2. The lowest BCUT2D eigenvalue weighted by Gasteiger charge is -2.07. The quantitative estimate of drug-likeness (QED) is 0.357. The maximum atomic E-state index is 12.5. The zero-order chi connectivity index (χ0) is 20.3. The summed E-state index contributed by atoms with van der Waals surface area (Å²) in [6.07, 6.45) is 0.286. The minimum absolute atomic E-state index is 0.0207. The number of amides is 2. The van der Waals surface area contributed by atoms with Gasteiger partial charge >= 0.3 is 5.97 Å². The summed E-state index contributed by atoms with van der Waals surface area (Å²) < 4.78 is 0. The SMILES string of the molecule is CC(O)=C(N=Nc1cccc(C(=O)O)c1)C(=O)Nc1ccc2c(c1)NC(=O)C2. The molecule has 142 valence electrons. The number of aliphatic hydroxyl groups excluding tert-OH is 1. The van der Waals surface area contributed by atoms with Crippen molar-refractivity contribution >= 4 is 34.8 Å². The van der Waals surface area contributed by atoms with Gasteiger partial charge in [0.1, 0.15) is 5.76 Å². The number of hydrogen-bond donors (Lipinski definition) is 4. The lowest BCUT2D eigenvalue weighted by molar-refractivity contribution is -0.115. The van der Waals surface area contributed by atoms with Gasteiger partial charge in [0.15, 0.2) is 5.70 Å². The van der Waals surface area contributed by atoms with Crippen LogP contribution in [-0.2, 0) is 16.0 Å². The standard InChI is InChI=1S/C19H16N4O5/c1-10(24)17(23-22-14-4-2-3-12(7-14)19(27)28)18(26)20-13-6-5-11-8-16(25)21-15(11)9-13/h2-7,9,24H,8H2,1H3,(H,20,26)(H,21,25)(H,27,28). The predicted octanol–water partition coefficient (Wildman–Crippen LogP) is 3.39. The Morgan fingerprint density at radius 2 is 1.93 bits per heavy atom. The zero-order valence-electron chi connectivity index (χ0n) is 14.8. The highest BCUT2D eigenvalue weighted by molar-refractivity contribution is 6.05. The van der Waals surface area contributed by atoms with Gasteiger partial charge in [-0.15, -0.1) is 5.11 Å². The van der Waals surface area contributed by atoms with Gasteiger partial charge in [-0.1, -0.05) is 12.1 Å². The Hall–Kier alpha value is -4.01. The third-order valence-corrected chi connectivity index (χ3v) is 3.91. The van der Waals surface area contributed by atoms with Crippen LogP contribution in [0.2, 0.25) is 0 Å². The van der Waals surface area contributed by atoms with Crippen LogP contribution in [0.5, 0.6) is 0 Å². The minimum Gasteiger partial charge on any atom is -0.510 e. The van der Waals surface area contributed by atoms with Crippen molar-refractivity contribution in [1.82, 2.24) is 0 Å². The Kier molecular flexibility index (Phi) is 5.16. The molecule has 0 radical (unpaired) electrons. The van der Waals surface area contributed by atoms with Crippen molar-refractivity contribution in [3.8, 4) is 0 Å². The van der Waals surface area contributed by atoms with E-state index in [9.17, 15) is 19.5 Å². The molecule has 0 aliphatic carbocycles. The Morgan fingerprint density at radius 3 is 2.64 bits per heavy atom. The summed E-state index contributed by atoms with van der Waals surface area (Å²) in [6.45, 7) is 1.28. The van der Waals surface area contributed by atoms with Gasteiger partial charge in [0.2, 0.25) is 5.91 Å². The number of allylic oxidation sites excluding steroid dienone is 1. The number of nitrogens with one attached hydrogen (secondary N) is 2. The minimum atomic E-state index is -1.12. The molecule has 2 aromatic rings. The van der Waals surface area contributed by atoms with Crippen LogP contribution in [0.4, 0.5) is 17.1 Å². The largest absolute Gasteiger partial charge is 0.510 e. The molecule has 0 aromatic heterocycles. The number of carboxylic acid groups (broad SMARTS) is 1. The van der Waals surface area contributed by atoms with Gasteiger partial charge in [-0.2, -0.15) is 5.11 Å². The van der Waals surface area contributed by atoms with Gasteiger partial charge in [-0.25, -0.2) is 4.79 Å². The van der Waals surface area contributed by atoms with Gasteiger partial charge in [-0.3, -0.25) is 9.59 Å². The average molecular weight is 380 g/mol. The smallest absolute Gasteiger partial charge is 0.335 e. The van der Waals surface area contributed by atoms with Crippen LogP contribution in [0, 0.1) is 0 Å². The summed E-state index contributed by atoms with van der Waals surface area (Å²) in [5.74, 6) is -2.30. The van der Waals surface area contributed by atoms with Gasteiger partial charge in [0.25, 0.3) is 5.91 Å². The second-order valence-corrected chi connectivity index (χ2v) is 6.04. The number of aromatic carboxylic acids is 1. The van der Waals surface area contributed by atoms with E-state index in [1.54, 1.807) is 18.2 Å². The van der Waals surface area contributed by atoms with Gasteiger partial charge in [0.05, 0.1) is 17.7 Å². The first-order valence-corrected chi connectivity index (χ1v) is 8.22. The normalized spacial score (nSPS) is 13.7. The van der Waals surface area contributed by atoms with E-state index in [4.69, 9.17) is 5.11 Å². The maximum Gasteiger partial charge on any atom is 0.335 e. The molecule has 0 saturated heterocycles. The highest BCUT2D eigenvalue weighted by Gasteiger charge is 2.19. The van der Waals surface area contributed by atoms with Crippen molar-refractivity contribution in [3.63, 3.8) is 0 Å². The summed E-state index contributed by atoms with van der Waals surface area (Å²) in [5.41, 5.74) is 1.76. The van der Waals surface area contributed by atoms with Crippen molar-refractivity contribution in [2.45, 2.75) is 13.3 Å². The number of carbonyl (C=O) groups is 3. The Bertz CT molecular complexity index is 1040. The van der Waals surface area contributed by atoms with E-state index in [1.165, 1.54) is 31.2 Å². The number of carbonyl (C=O) groups excluding carboxylic acids is 2. The summed E-state index contributed by atoms with van der Waals surface area (Å²) in [5, 5.41) is 31.6. The first-order chi connectivity index (χ1) is 13.3. The first kappa shape index (κ1) is 18.8. The number of carboxylic acids is 1. The van der Waals surface area contributed by atoms with Gasteiger partial charge in [0, 0.05) is 11.4 Å². The molecule has 4 N–H and O–H groups in total. The predicted molar refractivity (Wildman–Crippen MR) is 101 cm³/mol. The van der Waals surface area contributed by atoms with Crippen molar-refractivity contribution in [2.24, 2.45) is 10.2 Å². The molecule has 0 bridgehead atoms. The van der Waals surface area contributed by atoms with Crippen LogP contribution in [0.3, 0.4) is 0 Å². The monoisotopic (exact) mass is 380 g/mol. The third-order valence-electron chi connectivity index (χ3n) is 3.91. The molecular formula is C19H16N4O5. The molecule has 1 aliphatic heterocycles. The van der Waals surface area contributed by atoms with Gasteiger partial charge in [-0.05, 0) is 42.8 Å². The highest BCUT2D eigenvalue weighted by Crippen LogP contribution is 2.27. The van der Waals surface area contributed by atoms with E-state index in [-0.39, 0.29) is 35.0 Å². The number of azo groups is 1. The van der Waals surface area contributed by atoms with Crippen LogP contribution < -0.4 is 10.6 Å². The Balaban J connectivity index is 1.78. The lowest BCUT2D eigenvalue weighted by Crippen LogP contribution is -2.14. The lowest BCUT2D eigenvalue weighted by atomic mass is 10.1. The van der Waals surface area contributed by atoms with Crippen LogP contribution in [0.15, 0.2) is 64.1 Å². The molecule has 2 aromatic carbocycles. The summed E-state index contributed by atoms with van der Waals surface area (Å²) in [6, 6.07) is 10.7. The fourth-order valence-electron chi connectivity index (χ4n) is 2.57. The molecule has 1 heterocycles. The van der Waals surface area contributed by atoms with Crippen molar-refractivity contribution in [1.29, 1.82) is 0 Å². The van der Waals surface area contributed by atoms with Crippen LogP contribution in [0.25, 0.3) is 0 Å². The van der Waals surface area contributed by atoms with Crippen molar-refractivity contribution < 1.29 is 24.6 Å². The number of nitrogens with zero attached hydrogens (tertiary/aromatic N) is 2. The molecule has 0 saturated carbocycles. The second kappa shape index (κ2) is 7.70. The Morgan fingerprint density at radius 1 is 1.14 bits per heavy atom. The van der Waals surface area contributed by atoms with E-state index in [0.717, 1.165) is 5.56 Å². The maximum absolute atomic E-state index is 12.5. The molecule has 9 nitrogen and oxygen atoms in total. The molecule has 9 heteroatoms. The topological polar surface area (TPSA) is 140 Å². The fourth-order valence-corrected chi connectivity index (χ4v) is 2.57. The third kappa shape index (κ3) is 4.21. The molecule has 1 aliphatic rings. The molecule has 28 heavy (non-hydrogen) atoms. The van der Waals surface area contributed by atoms with Crippen molar-refractivity contribution in [3.05, 3.63) is 65.0 Å². The fraction of sp³-hybridized carbons (Fsp3) is 0.105. The van der Waals surface area contributed by atoms with Crippen LogP contribution in [-0.4, -0.2) is 28.0 Å². The summed E-state index contributed by atoms with van der Waals surface area (Å²) >= 11 is 0. The molecule has 2 amide bonds. The summed E-state index contributed by atoms with van der Waals surface area (Å²) in [7, 11) is 0. The van der Waals surface area contributed by atoms with Crippen LogP contribution in [0.1, 0.15) is 22.8 Å². The molecule has 0 unspecified atom stereocenters. The van der Waals surface area contributed by atoms with E-state index in [0.29, 0.717) is 11.4 Å². The number of hydrogen-bond acceptors (Lipinski definition) is 6. The summed E-state index contributed by atoms with van der Waals surface area (Å²) in [4.78, 5) is 34.9. The zero-order valence-corrected chi connectivity index (χ0v) is 14.8. The Labute approximate surface area is 159 Å². The van der Waals surface area contributed by atoms with Crippen molar-refractivity contribution in [2.75, 3.05) is 10.6 Å². The molecule has 0 fully saturated rings. The molecule has 3 rings (SSSR count). The van der Waals surface area contributed by atoms with E-state index in [1.807, 2.05) is 0 Å². The number of benzene rings is 2.